The number of aromatic hydroxyl groups is 1. The molecule has 0 unspecified atom stereocenters. The lowest BCUT2D eigenvalue weighted by Crippen LogP contribution is -2.00. The third-order valence-electron chi connectivity index (χ3n) is 3.43. The first kappa shape index (κ1) is 12.0. The number of aryl methyl sites for hydroxylation is 1. The topological polar surface area (TPSA) is 42.4 Å². The van der Waals surface area contributed by atoms with E-state index in [9.17, 15) is 5.11 Å². The van der Waals surface area contributed by atoms with Gasteiger partial charge in [0.2, 0.25) is 5.88 Å². The molecule has 19 heavy (non-hydrogen) atoms. The predicted octanol–water partition coefficient (Wildman–Crippen LogP) is 3.55. The third-order valence-corrected chi connectivity index (χ3v) is 3.43. The minimum atomic E-state index is 0.273. The van der Waals surface area contributed by atoms with Crippen LogP contribution in [-0.4, -0.2) is 16.7 Å². The number of benzene rings is 1. The van der Waals surface area contributed by atoms with Crippen LogP contribution in [0.1, 0.15) is 18.4 Å². The summed E-state index contributed by atoms with van der Waals surface area (Å²) in [6, 6.07) is 9.23. The molecule has 1 aliphatic rings. The molecule has 1 aromatic carbocycles. The Hall–Kier alpha value is -2.03. The summed E-state index contributed by atoms with van der Waals surface area (Å²) in [5, 5.41) is 9.56. The van der Waals surface area contributed by atoms with Gasteiger partial charge in [0.15, 0.2) is 0 Å². The van der Waals surface area contributed by atoms with Crippen LogP contribution in [0.15, 0.2) is 36.5 Å². The molecule has 1 saturated carbocycles. The maximum absolute atomic E-state index is 9.56. The van der Waals surface area contributed by atoms with E-state index >= 15 is 0 Å². The Bertz CT molecular complexity index is 574. The molecule has 2 aromatic rings. The smallest absolute Gasteiger partial charge is 0.213 e. The Balaban J connectivity index is 1.78. The minimum Gasteiger partial charge on any atom is -0.508 e. The van der Waals surface area contributed by atoms with E-state index in [1.54, 1.807) is 18.3 Å². The highest BCUT2D eigenvalue weighted by molar-refractivity contribution is 5.68. The second-order valence-corrected chi connectivity index (χ2v) is 5.14. The van der Waals surface area contributed by atoms with Crippen molar-refractivity contribution in [3.63, 3.8) is 0 Å². The highest BCUT2D eigenvalue weighted by atomic mass is 16.5. The van der Waals surface area contributed by atoms with Crippen molar-refractivity contribution in [1.29, 1.82) is 0 Å². The zero-order chi connectivity index (χ0) is 13.2. The van der Waals surface area contributed by atoms with E-state index in [4.69, 9.17) is 4.74 Å². The van der Waals surface area contributed by atoms with E-state index in [0.29, 0.717) is 5.88 Å². The van der Waals surface area contributed by atoms with Crippen molar-refractivity contribution in [3.05, 3.63) is 42.1 Å². The molecule has 1 heterocycles. The maximum Gasteiger partial charge on any atom is 0.213 e. The van der Waals surface area contributed by atoms with E-state index in [2.05, 4.69) is 4.98 Å². The average molecular weight is 255 g/mol. The summed E-state index contributed by atoms with van der Waals surface area (Å²) in [6.07, 6.45) is 4.35. The quantitative estimate of drug-likeness (QED) is 0.908. The lowest BCUT2D eigenvalue weighted by Gasteiger charge is -2.08. The molecule has 3 rings (SSSR count). The van der Waals surface area contributed by atoms with Gasteiger partial charge >= 0.3 is 0 Å². The largest absolute Gasteiger partial charge is 0.508 e. The summed E-state index contributed by atoms with van der Waals surface area (Å²) in [6.45, 7) is 2.80. The second kappa shape index (κ2) is 4.92. The van der Waals surface area contributed by atoms with E-state index in [0.717, 1.165) is 29.2 Å². The number of nitrogens with zero attached hydrogens (tertiary/aromatic N) is 1. The lowest BCUT2D eigenvalue weighted by atomic mass is 10.0. The first-order chi connectivity index (χ1) is 9.22. The van der Waals surface area contributed by atoms with Crippen LogP contribution in [-0.2, 0) is 0 Å². The Kier molecular flexibility index (Phi) is 3.11. The van der Waals surface area contributed by atoms with Gasteiger partial charge in [-0.1, -0.05) is 6.07 Å². The van der Waals surface area contributed by atoms with Crippen molar-refractivity contribution in [2.24, 2.45) is 5.92 Å². The van der Waals surface area contributed by atoms with Crippen molar-refractivity contribution in [2.75, 3.05) is 6.61 Å². The Morgan fingerprint density at radius 3 is 2.79 bits per heavy atom. The summed E-state index contributed by atoms with van der Waals surface area (Å²) in [7, 11) is 0. The fourth-order valence-corrected chi connectivity index (χ4v) is 2.03. The molecule has 0 saturated heterocycles. The molecule has 98 valence electrons. The molecule has 0 spiro atoms. The summed E-state index contributed by atoms with van der Waals surface area (Å²) < 4.78 is 5.61. The number of phenolic OH excluding ortho intramolecular Hbond substituents is 1. The molecule has 0 amide bonds. The molecule has 1 fully saturated rings. The Morgan fingerprint density at radius 1 is 1.26 bits per heavy atom. The van der Waals surface area contributed by atoms with E-state index in [1.165, 1.54) is 12.8 Å². The van der Waals surface area contributed by atoms with Crippen molar-refractivity contribution in [3.8, 4) is 22.8 Å². The van der Waals surface area contributed by atoms with Crippen LogP contribution in [0.25, 0.3) is 11.1 Å². The number of pyridine rings is 1. The van der Waals surface area contributed by atoms with Crippen LogP contribution < -0.4 is 4.74 Å². The van der Waals surface area contributed by atoms with Gasteiger partial charge in [-0.05, 0) is 55.0 Å². The Morgan fingerprint density at radius 2 is 2.11 bits per heavy atom. The van der Waals surface area contributed by atoms with Crippen LogP contribution >= 0.6 is 0 Å². The number of aromatic nitrogens is 1. The van der Waals surface area contributed by atoms with Gasteiger partial charge in [0.1, 0.15) is 5.75 Å². The van der Waals surface area contributed by atoms with Crippen molar-refractivity contribution < 1.29 is 9.84 Å². The molecule has 1 aromatic heterocycles. The molecule has 0 bridgehead atoms. The van der Waals surface area contributed by atoms with Crippen LogP contribution in [0.2, 0.25) is 0 Å². The lowest BCUT2D eigenvalue weighted by molar-refractivity contribution is 0.288. The summed E-state index contributed by atoms with van der Waals surface area (Å²) >= 11 is 0. The summed E-state index contributed by atoms with van der Waals surface area (Å²) in [5.41, 5.74) is 3.11. The van der Waals surface area contributed by atoms with E-state index in [1.807, 2.05) is 25.1 Å². The van der Waals surface area contributed by atoms with Gasteiger partial charge in [-0.3, -0.25) is 0 Å². The number of phenols is 1. The van der Waals surface area contributed by atoms with E-state index < -0.39 is 0 Å². The fourth-order valence-electron chi connectivity index (χ4n) is 2.03. The number of rotatable bonds is 4. The van der Waals surface area contributed by atoms with Gasteiger partial charge in [-0.15, -0.1) is 0 Å². The second-order valence-electron chi connectivity index (χ2n) is 5.14. The van der Waals surface area contributed by atoms with Crippen LogP contribution in [0.5, 0.6) is 11.6 Å². The first-order valence-corrected chi connectivity index (χ1v) is 6.61. The van der Waals surface area contributed by atoms with Gasteiger partial charge in [0.25, 0.3) is 0 Å². The molecular formula is C16H17NO2. The Labute approximate surface area is 112 Å². The normalized spacial score (nSPS) is 14.4. The molecule has 3 heteroatoms. The SMILES string of the molecule is Cc1ccc(O)cc1-c1ccc(OCC2CC2)nc1. The van der Waals surface area contributed by atoms with Crippen molar-refractivity contribution in [1.82, 2.24) is 4.98 Å². The molecule has 0 radical (unpaired) electrons. The maximum atomic E-state index is 9.56. The van der Waals surface area contributed by atoms with E-state index in [-0.39, 0.29) is 5.75 Å². The fraction of sp³-hybridized carbons (Fsp3) is 0.312. The van der Waals surface area contributed by atoms with Gasteiger partial charge in [0, 0.05) is 17.8 Å². The predicted molar refractivity (Wildman–Crippen MR) is 74.3 cm³/mol. The zero-order valence-electron chi connectivity index (χ0n) is 11.0. The van der Waals surface area contributed by atoms with Gasteiger partial charge in [-0.25, -0.2) is 4.98 Å². The molecule has 1 N–H and O–H groups in total. The van der Waals surface area contributed by atoms with Crippen molar-refractivity contribution >= 4 is 0 Å². The molecule has 1 aliphatic carbocycles. The molecular weight excluding hydrogens is 238 g/mol. The zero-order valence-corrected chi connectivity index (χ0v) is 11.0. The van der Waals surface area contributed by atoms with Crippen molar-refractivity contribution in [2.45, 2.75) is 19.8 Å². The number of hydrogen-bond donors (Lipinski definition) is 1. The molecule has 0 atom stereocenters. The van der Waals surface area contributed by atoms with Crippen LogP contribution in [0, 0.1) is 12.8 Å². The number of hydrogen-bond acceptors (Lipinski definition) is 3. The average Bonchev–Trinajstić information content (AvgIpc) is 3.24. The molecule has 3 nitrogen and oxygen atoms in total. The standard InChI is InChI=1S/C16H17NO2/c1-11-2-6-14(18)8-15(11)13-5-7-16(17-9-13)19-10-12-3-4-12/h2,5-9,12,18H,3-4,10H2,1H3. The minimum absolute atomic E-state index is 0.273. The van der Waals surface area contributed by atoms with Gasteiger partial charge in [-0.2, -0.15) is 0 Å². The first-order valence-electron chi connectivity index (χ1n) is 6.61. The summed E-state index contributed by atoms with van der Waals surface area (Å²) in [4.78, 5) is 4.32. The highest BCUT2D eigenvalue weighted by Gasteiger charge is 2.22. The molecule has 0 aliphatic heterocycles. The summed E-state index contributed by atoms with van der Waals surface area (Å²) in [5.74, 6) is 1.68. The number of ether oxygens (including phenoxy) is 1. The van der Waals surface area contributed by atoms with Gasteiger partial charge in [0.05, 0.1) is 6.61 Å². The van der Waals surface area contributed by atoms with Crippen LogP contribution in [0.3, 0.4) is 0 Å². The highest BCUT2D eigenvalue weighted by Crippen LogP contribution is 2.30. The van der Waals surface area contributed by atoms with Gasteiger partial charge < -0.3 is 9.84 Å². The third kappa shape index (κ3) is 2.87. The van der Waals surface area contributed by atoms with Crippen LogP contribution in [0.4, 0.5) is 0 Å². The monoisotopic (exact) mass is 255 g/mol.